The van der Waals surface area contributed by atoms with Gasteiger partial charge in [0.25, 0.3) is 10.0 Å². The molecule has 0 aliphatic heterocycles. The molecule has 0 unspecified atom stereocenters. The summed E-state index contributed by atoms with van der Waals surface area (Å²) >= 11 is 12.3. The third-order valence-corrected chi connectivity index (χ3v) is 7.33. The van der Waals surface area contributed by atoms with Crippen LogP contribution >= 0.6 is 23.2 Å². The second-order valence-electron chi connectivity index (χ2n) is 7.36. The number of hydrogen-bond acceptors (Lipinski definition) is 3. The zero-order chi connectivity index (χ0) is 23.3. The summed E-state index contributed by atoms with van der Waals surface area (Å²) in [6.07, 6.45) is 0.655. The van der Waals surface area contributed by atoms with E-state index in [1.165, 1.54) is 30.3 Å². The second kappa shape index (κ2) is 10.4. The first-order chi connectivity index (χ1) is 15.2. The molecule has 0 heterocycles. The zero-order valence-corrected chi connectivity index (χ0v) is 20.1. The predicted molar refractivity (Wildman–Crippen MR) is 130 cm³/mol. The van der Waals surface area contributed by atoms with Gasteiger partial charge in [0.05, 0.1) is 21.6 Å². The maximum Gasteiger partial charge on any atom is 0.264 e. The van der Waals surface area contributed by atoms with Gasteiger partial charge in [0.2, 0.25) is 5.91 Å². The van der Waals surface area contributed by atoms with Crippen LogP contribution in [0.25, 0.3) is 0 Å². The largest absolute Gasteiger partial charge is 0.348 e. The van der Waals surface area contributed by atoms with E-state index >= 15 is 0 Å². The minimum Gasteiger partial charge on any atom is -0.348 e. The highest BCUT2D eigenvalue weighted by atomic mass is 35.5. The second-order valence-corrected chi connectivity index (χ2v) is 10.1. The van der Waals surface area contributed by atoms with Crippen LogP contribution in [0.4, 0.5) is 5.69 Å². The van der Waals surface area contributed by atoms with Crippen molar-refractivity contribution in [1.29, 1.82) is 0 Å². The van der Waals surface area contributed by atoms with Crippen molar-refractivity contribution in [3.63, 3.8) is 0 Å². The third-order valence-electron chi connectivity index (χ3n) is 5.02. The first kappa shape index (κ1) is 24.1. The van der Waals surface area contributed by atoms with E-state index in [1.54, 1.807) is 18.2 Å². The van der Waals surface area contributed by atoms with Crippen molar-refractivity contribution in [2.45, 2.75) is 31.2 Å². The number of nitrogens with zero attached hydrogens (tertiary/aromatic N) is 1. The summed E-state index contributed by atoms with van der Waals surface area (Å²) in [7, 11) is -4.05. The lowest BCUT2D eigenvalue weighted by Crippen LogP contribution is -2.42. The number of anilines is 1. The quantitative estimate of drug-likeness (QED) is 0.436. The SMILES string of the molecule is CC[C@@H](NC(=O)CN(c1ccc(Cl)cc1Cl)S(=O)(=O)c1ccccc1)c1ccc(C)cc1. The van der Waals surface area contributed by atoms with Crippen LogP contribution in [0.15, 0.2) is 77.7 Å². The summed E-state index contributed by atoms with van der Waals surface area (Å²) in [5, 5.41) is 3.44. The van der Waals surface area contributed by atoms with E-state index in [4.69, 9.17) is 23.2 Å². The fraction of sp³-hybridized carbons (Fsp3) is 0.208. The molecule has 3 rings (SSSR count). The van der Waals surface area contributed by atoms with E-state index in [2.05, 4.69) is 5.32 Å². The van der Waals surface area contributed by atoms with Crippen molar-refractivity contribution in [2.75, 3.05) is 10.8 Å². The molecule has 8 heteroatoms. The Hall–Kier alpha value is -2.54. The number of halogens is 2. The number of rotatable bonds is 8. The van der Waals surface area contributed by atoms with Gasteiger partial charge < -0.3 is 5.32 Å². The molecular weight excluding hydrogens is 467 g/mol. The van der Waals surface area contributed by atoms with Crippen LogP contribution in [0.2, 0.25) is 10.0 Å². The average Bonchev–Trinajstić information content (AvgIpc) is 2.77. The Kier molecular flexibility index (Phi) is 7.82. The third kappa shape index (κ3) is 5.63. The number of amides is 1. The Labute approximate surface area is 199 Å². The smallest absolute Gasteiger partial charge is 0.264 e. The highest BCUT2D eigenvalue weighted by Gasteiger charge is 2.29. The Morgan fingerprint density at radius 3 is 2.25 bits per heavy atom. The van der Waals surface area contributed by atoms with Gasteiger partial charge in [-0.05, 0) is 49.2 Å². The van der Waals surface area contributed by atoms with E-state index in [1.807, 2.05) is 38.1 Å². The van der Waals surface area contributed by atoms with Gasteiger partial charge in [-0.2, -0.15) is 0 Å². The number of aryl methyl sites for hydroxylation is 1. The molecule has 0 saturated carbocycles. The number of carbonyl (C=O) groups is 1. The maximum absolute atomic E-state index is 13.4. The fourth-order valence-corrected chi connectivity index (χ4v) is 5.31. The van der Waals surface area contributed by atoms with Crippen molar-refractivity contribution in [3.8, 4) is 0 Å². The molecule has 32 heavy (non-hydrogen) atoms. The topological polar surface area (TPSA) is 66.5 Å². The van der Waals surface area contributed by atoms with Crippen LogP contribution in [-0.4, -0.2) is 20.9 Å². The van der Waals surface area contributed by atoms with Crippen LogP contribution in [-0.2, 0) is 14.8 Å². The molecule has 0 aliphatic carbocycles. The van der Waals surface area contributed by atoms with E-state index in [0.29, 0.717) is 11.4 Å². The summed E-state index contributed by atoms with van der Waals surface area (Å²) in [6.45, 7) is 3.52. The van der Waals surface area contributed by atoms with Crippen LogP contribution in [0, 0.1) is 6.92 Å². The summed E-state index contributed by atoms with van der Waals surface area (Å²) in [5.74, 6) is -0.442. The Morgan fingerprint density at radius 2 is 1.66 bits per heavy atom. The normalized spacial score (nSPS) is 12.2. The number of benzene rings is 3. The van der Waals surface area contributed by atoms with Crippen molar-refractivity contribution in [3.05, 3.63) is 94.0 Å². The van der Waals surface area contributed by atoms with Crippen molar-refractivity contribution in [2.24, 2.45) is 0 Å². The molecule has 0 aromatic heterocycles. The summed E-state index contributed by atoms with van der Waals surface area (Å²) in [5.41, 5.74) is 2.25. The first-order valence-corrected chi connectivity index (χ1v) is 12.3. The van der Waals surface area contributed by atoms with Crippen LogP contribution in [0.3, 0.4) is 0 Å². The van der Waals surface area contributed by atoms with Gasteiger partial charge in [0.15, 0.2) is 0 Å². The van der Waals surface area contributed by atoms with Gasteiger partial charge in [0, 0.05) is 5.02 Å². The highest BCUT2D eigenvalue weighted by Crippen LogP contribution is 2.32. The standard InChI is InChI=1S/C24H24Cl2N2O3S/c1-3-22(18-11-9-17(2)10-12-18)27-24(29)16-28(23-14-13-19(25)15-21(23)26)32(30,31)20-7-5-4-6-8-20/h4-15,22H,3,16H2,1-2H3,(H,27,29)/t22-/m1/s1. The minimum absolute atomic E-state index is 0.0596. The number of carbonyl (C=O) groups excluding carboxylic acids is 1. The van der Waals surface area contributed by atoms with Gasteiger partial charge in [-0.3, -0.25) is 9.10 Å². The fourth-order valence-electron chi connectivity index (χ4n) is 3.29. The Morgan fingerprint density at radius 1 is 1.00 bits per heavy atom. The van der Waals surface area contributed by atoms with Crippen molar-refractivity contribution in [1.82, 2.24) is 5.32 Å². The van der Waals surface area contributed by atoms with Crippen LogP contribution in [0.1, 0.15) is 30.5 Å². The first-order valence-electron chi connectivity index (χ1n) is 10.1. The van der Waals surface area contributed by atoms with Crippen molar-refractivity contribution < 1.29 is 13.2 Å². The average molecular weight is 491 g/mol. The van der Waals surface area contributed by atoms with Gasteiger partial charge >= 0.3 is 0 Å². The molecule has 0 spiro atoms. The monoisotopic (exact) mass is 490 g/mol. The molecule has 168 valence electrons. The molecule has 0 aliphatic rings. The highest BCUT2D eigenvalue weighted by molar-refractivity contribution is 7.92. The van der Waals surface area contributed by atoms with E-state index in [9.17, 15) is 13.2 Å². The van der Waals surface area contributed by atoms with Gasteiger partial charge in [-0.15, -0.1) is 0 Å². The number of hydrogen-bond donors (Lipinski definition) is 1. The van der Waals surface area contributed by atoms with Gasteiger partial charge in [-0.25, -0.2) is 8.42 Å². The number of sulfonamides is 1. The summed E-state index contributed by atoms with van der Waals surface area (Å²) in [6, 6.07) is 20.0. The lowest BCUT2D eigenvalue weighted by atomic mass is 10.0. The molecule has 3 aromatic rings. The maximum atomic E-state index is 13.4. The van der Waals surface area contributed by atoms with Crippen LogP contribution < -0.4 is 9.62 Å². The van der Waals surface area contributed by atoms with E-state index in [-0.39, 0.29) is 21.6 Å². The van der Waals surface area contributed by atoms with Crippen molar-refractivity contribution >= 4 is 44.8 Å². The summed E-state index contributed by atoms with van der Waals surface area (Å²) < 4.78 is 27.9. The van der Waals surface area contributed by atoms with E-state index in [0.717, 1.165) is 15.4 Å². The van der Waals surface area contributed by atoms with Gasteiger partial charge in [-0.1, -0.05) is 78.2 Å². The molecule has 0 fully saturated rings. The molecule has 1 N–H and O–H groups in total. The molecule has 0 radical (unpaired) electrons. The number of nitrogens with one attached hydrogen (secondary N) is 1. The van der Waals surface area contributed by atoms with Gasteiger partial charge in [0.1, 0.15) is 6.54 Å². The Balaban J connectivity index is 1.93. The molecule has 0 bridgehead atoms. The molecule has 1 atom stereocenters. The molecule has 1 amide bonds. The minimum atomic E-state index is -4.05. The lowest BCUT2D eigenvalue weighted by Gasteiger charge is -2.26. The molecule has 3 aromatic carbocycles. The van der Waals surface area contributed by atoms with E-state index < -0.39 is 22.5 Å². The van der Waals surface area contributed by atoms with Crippen LogP contribution in [0.5, 0.6) is 0 Å². The molecule has 0 saturated heterocycles. The lowest BCUT2D eigenvalue weighted by molar-refractivity contribution is -0.120. The molecular formula is C24H24Cl2N2O3S. The molecule has 5 nitrogen and oxygen atoms in total. The predicted octanol–water partition coefficient (Wildman–Crippen LogP) is 5.76. The zero-order valence-electron chi connectivity index (χ0n) is 17.8. The Bertz CT molecular complexity index is 1180. The summed E-state index contributed by atoms with van der Waals surface area (Å²) in [4.78, 5) is 13.1.